The molecule has 2 aromatic heterocycles. The van der Waals surface area contributed by atoms with Crippen LogP contribution in [0, 0.1) is 17.8 Å². The normalized spacial score (nSPS) is 21.8. The van der Waals surface area contributed by atoms with Crippen molar-refractivity contribution in [1.29, 1.82) is 0 Å². The molecule has 16 heteroatoms. The third-order valence-corrected chi connectivity index (χ3v) is 13.9. The number of likely N-dealkylation sites (tertiary alicyclic amines) is 2. The van der Waals surface area contributed by atoms with Gasteiger partial charge >= 0.3 is 6.09 Å². The second-order valence-corrected chi connectivity index (χ2v) is 17.9. The first-order valence-electron chi connectivity index (χ1n) is 22.6. The fourth-order valence-electron chi connectivity index (χ4n) is 9.83. The molecule has 3 aliphatic rings. The first-order chi connectivity index (χ1) is 30.9. The summed E-state index contributed by atoms with van der Waals surface area (Å²) in [6.45, 7) is 11.4. The van der Waals surface area contributed by atoms with E-state index in [-0.39, 0.29) is 47.7 Å². The Morgan fingerprint density at radius 1 is 0.938 bits per heavy atom. The number of aromatic nitrogens is 4. The number of fused-ring (bicyclic) bond motifs is 6. The average molecular weight is 879 g/mol. The van der Waals surface area contributed by atoms with Gasteiger partial charge in [0.1, 0.15) is 30.0 Å². The maximum atomic E-state index is 14.3. The van der Waals surface area contributed by atoms with E-state index in [0.717, 1.165) is 81.2 Å². The summed E-state index contributed by atoms with van der Waals surface area (Å²) in [7, 11) is 4.38. The Balaban J connectivity index is 1.05. The Bertz CT molecular complexity index is 2500. The van der Waals surface area contributed by atoms with Gasteiger partial charge in [0.15, 0.2) is 0 Å². The lowest BCUT2D eigenvalue weighted by atomic mass is 9.92. The van der Waals surface area contributed by atoms with Gasteiger partial charge in [0.05, 0.1) is 54.8 Å². The monoisotopic (exact) mass is 878 g/mol. The van der Waals surface area contributed by atoms with Crippen LogP contribution in [0.15, 0.2) is 48.7 Å². The fraction of sp³-hybridized carbons (Fsp3) is 0.521. The van der Waals surface area contributed by atoms with E-state index >= 15 is 0 Å². The highest BCUT2D eigenvalue weighted by atomic mass is 16.6. The van der Waals surface area contributed by atoms with Crippen LogP contribution in [-0.4, -0.2) is 112 Å². The molecule has 5 aromatic rings. The zero-order chi connectivity index (χ0) is 45.4. The molecule has 1 unspecified atom stereocenters. The van der Waals surface area contributed by atoms with Crippen molar-refractivity contribution in [3.8, 4) is 28.1 Å². The van der Waals surface area contributed by atoms with Crippen molar-refractivity contribution in [2.75, 3.05) is 34.5 Å². The highest BCUT2D eigenvalue weighted by Crippen LogP contribution is 2.44. The summed E-state index contributed by atoms with van der Waals surface area (Å²) in [5.74, 6) is 1.92. The molecule has 3 aromatic carbocycles. The van der Waals surface area contributed by atoms with Crippen molar-refractivity contribution in [2.24, 2.45) is 17.8 Å². The Labute approximate surface area is 373 Å². The van der Waals surface area contributed by atoms with Crippen LogP contribution in [-0.2, 0) is 30.4 Å². The second kappa shape index (κ2) is 18.9. The Hall–Kier alpha value is -5.55. The van der Waals surface area contributed by atoms with Crippen LogP contribution in [0.25, 0.3) is 44.2 Å². The van der Waals surface area contributed by atoms with Gasteiger partial charge in [-0.05, 0) is 84.4 Å². The lowest BCUT2D eigenvalue weighted by Crippen LogP contribution is -2.53. The smallest absolute Gasteiger partial charge is 0.407 e. The van der Waals surface area contributed by atoms with E-state index in [2.05, 4.69) is 57.0 Å². The van der Waals surface area contributed by atoms with Gasteiger partial charge in [-0.2, -0.15) is 0 Å². The predicted molar refractivity (Wildman–Crippen MR) is 242 cm³/mol. The molecule has 0 bridgehead atoms. The number of amides is 3. The Kier molecular flexibility index (Phi) is 13.3. The van der Waals surface area contributed by atoms with E-state index in [0.29, 0.717) is 37.8 Å². The molecule has 0 saturated carbocycles. The molecule has 16 nitrogen and oxygen atoms in total. The highest BCUT2D eigenvalue weighted by Gasteiger charge is 2.43. The number of carbonyl (C=O) groups is 3. The van der Waals surface area contributed by atoms with E-state index in [1.54, 1.807) is 7.11 Å². The number of alkyl carbamates (subject to hydrolysis) is 1. The number of nitrogens with zero attached hydrogens (tertiary/aromatic N) is 4. The molecular weight excluding hydrogens is 817 g/mol. The number of nitrogens with one attached hydrogen (secondary N) is 4. The number of methoxy groups -OCH3 is 3. The van der Waals surface area contributed by atoms with Crippen molar-refractivity contribution < 1.29 is 38.4 Å². The molecule has 3 amide bonds. The van der Waals surface area contributed by atoms with Crippen molar-refractivity contribution in [3.05, 3.63) is 65.9 Å². The molecule has 0 aliphatic carbocycles. The van der Waals surface area contributed by atoms with Crippen molar-refractivity contribution in [1.82, 2.24) is 40.4 Å². The van der Waals surface area contributed by atoms with Gasteiger partial charge in [-0.15, -0.1) is 0 Å². The Morgan fingerprint density at radius 2 is 1.72 bits per heavy atom. The van der Waals surface area contributed by atoms with Crippen LogP contribution < -0.4 is 15.4 Å². The van der Waals surface area contributed by atoms with E-state index in [4.69, 9.17) is 28.9 Å². The van der Waals surface area contributed by atoms with Gasteiger partial charge < -0.3 is 49.1 Å². The number of imidazole rings is 2. The molecule has 2 fully saturated rings. The minimum atomic E-state index is -1.27. The number of aliphatic hydroxyl groups excluding tert-OH is 1. The molecule has 2 saturated heterocycles. The quantitative estimate of drug-likeness (QED) is 0.0683. The second-order valence-electron chi connectivity index (χ2n) is 17.9. The predicted octanol–water partition coefficient (Wildman–Crippen LogP) is 6.95. The molecule has 9 atom stereocenters. The number of aliphatic hydroxyl groups is 1. The largest absolute Gasteiger partial charge is 0.488 e. The van der Waals surface area contributed by atoms with Crippen molar-refractivity contribution in [2.45, 2.75) is 110 Å². The van der Waals surface area contributed by atoms with Gasteiger partial charge in [0.2, 0.25) is 18.2 Å². The third-order valence-electron chi connectivity index (χ3n) is 13.9. The summed E-state index contributed by atoms with van der Waals surface area (Å²) in [4.78, 5) is 61.3. The SMILES string of the molecule is CC[C@H](C)[C@H](NC(O)OC)C(=O)N1C[C@@H](COC)C[C@H]1c1nc2c(ccc3cc4c(cc32)OCc2cc(-c3cnc([C@@H]5CC[C@H](C)N5C(=O)[C@@H](NC(=O)OC)[C@@H](C)CC)[nH]3)ccc2-4)[nH]1. The number of hydrogen-bond donors (Lipinski definition) is 5. The van der Waals surface area contributed by atoms with E-state index in [1.807, 2.05) is 56.7 Å². The zero-order valence-corrected chi connectivity index (χ0v) is 38.1. The molecule has 3 aliphatic heterocycles. The lowest BCUT2D eigenvalue weighted by molar-refractivity contribution is -0.145. The molecule has 0 radical (unpaired) electrons. The highest BCUT2D eigenvalue weighted by molar-refractivity contribution is 6.07. The molecule has 64 heavy (non-hydrogen) atoms. The minimum absolute atomic E-state index is 0.0179. The number of aromatic amines is 2. The van der Waals surface area contributed by atoms with Gasteiger partial charge in [-0.3, -0.25) is 14.9 Å². The zero-order valence-electron chi connectivity index (χ0n) is 38.1. The number of ether oxygens (including phenoxy) is 4. The van der Waals surface area contributed by atoms with Crippen LogP contribution in [0.5, 0.6) is 5.75 Å². The summed E-state index contributed by atoms with van der Waals surface area (Å²) in [5, 5.41) is 18.0. The fourth-order valence-corrected chi connectivity index (χ4v) is 9.83. The van der Waals surface area contributed by atoms with Gasteiger partial charge in [-0.1, -0.05) is 58.7 Å². The summed E-state index contributed by atoms with van der Waals surface area (Å²) >= 11 is 0. The molecule has 5 N–H and O–H groups in total. The number of H-pyrrole nitrogens is 2. The molecule has 342 valence electrons. The first-order valence-corrected chi connectivity index (χ1v) is 22.6. The molecule has 0 spiro atoms. The van der Waals surface area contributed by atoms with Gasteiger partial charge in [0.25, 0.3) is 0 Å². The third kappa shape index (κ3) is 8.55. The number of carbonyl (C=O) groups excluding carboxylic acids is 3. The topological polar surface area (TPSA) is 196 Å². The van der Waals surface area contributed by atoms with Crippen molar-refractivity contribution >= 4 is 39.7 Å². The molecular formula is C48H62N8O8. The molecule has 5 heterocycles. The summed E-state index contributed by atoms with van der Waals surface area (Å²) < 4.78 is 21.9. The number of hydrogen-bond acceptors (Lipinski definition) is 11. The van der Waals surface area contributed by atoms with Crippen molar-refractivity contribution in [3.63, 3.8) is 0 Å². The van der Waals surface area contributed by atoms with Crippen LogP contribution in [0.4, 0.5) is 4.79 Å². The standard InChI is InChI=1S/C48H62N8O8/c1-9-25(3)40(53-47(59)62-7)45(57)55-22-28(23-61-6)17-38(55)44-50-35-15-13-29-19-34-32-14-12-30(18-31(32)24-64-39(34)20-33(29)42(35)52-44)36-21-49-43(51-36)37-16-11-27(5)56(37)46(58)41(26(4)10-2)54-48(60)63-8/h12-15,18-21,25-28,37-38,40-41,47,53,59H,9-11,16-17,22-24H2,1-8H3,(H,49,51)(H,50,52)(H,54,60)/t25-,26-,27-,28-,37-,38-,40-,41-,47?/m0/s1. The van der Waals surface area contributed by atoms with E-state index < -0.39 is 24.6 Å². The minimum Gasteiger partial charge on any atom is -0.488 e. The molecule has 8 rings (SSSR count). The van der Waals surface area contributed by atoms with E-state index in [1.165, 1.54) is 14.2 Å². The first kappa shape index (κ1) is 45.0. The van der Waals surface area contributed by atoms with Gasteiger partial charge in [0, 0.05) is 43.7 Å². The summed E-state index contributed by atoms with van der Waals surface area (Å²) in [6, 6.07) is 12.7. The maximum absolute atomic E-state index is 14.3. The summed E-state index contributed by atoms with van der Waals surface area (Å²) in [6.07, 6.45) is 3.65. The maximum Gasteiger partial charge on any atom is 0.407 e. The number of benzene rings is 3. The number of rotatable bonds is 15. The summed E-state index contributed by atoms with van der Waals surface area (Å²) in [5.41, 5.74) is 6.57. The van der Waals surface area contributed by atoms with Crippen LogP contribution >= 0.6 is 0 Å². The van der Waals surface area contributed by atoms with Crippen LogP contribution in [0.1, 0.15) is 96.0 Å². The lowest BCUT2D eigenvalue weighted by Gasteiger charge is -2.33. The van der Waals surface area contributed by atoms with E-state index in [9.17, 15) is 19.5 Å². The Morgan fingerprint density at radius 3 is 2.45 bits per heavy atom. The van der Waals surface area contributed by atoms with Gasteiger partial charge in [-0.25, -0.2) is 14.8 Å². The van der Waals surface area contributed by atoms with Crippen LogP contribution in [0.2, 0.25) is 0 Å². The van der Waals surface area contributed by atoms with Crippen LogP contribution in [0.3, 0.4) is 0 Å². The average Bonchev–Trinajstić information content (AvgIpc) is 4.14.